The van der Waals surface area contributed by atoms with E-state index in [0.29, 0.717) is 0 Å². The van der Waals surface area contributed by atoms with Crippen molar-refractivity contribution in [2.75, 3.05) is 0 Å². The summed E-state index contributed by atoms with van der Waals surface area (Å²) in [4.78, 5) is 0. The maximum Gasteiger partial charge on any atom is 0.0547 e. The Morgan fingerprint density at radius 3 is 1.48 bits per heavy atom. The highest BCUT2D eigenvalue weighted by molar-refractivity contribution is 6.26. The van der Waals surface area contributed by atoms with Crippen molar-refractivity contribution in [3.8, 4) is 33.6 Å². The van der Waals surface area contributed by atoms with Crippen LogP contribution in [0, 0.1) is 0 Å². The van der Waals surface area contributed by atoms with E-state index >= 15 is 0 Å². The summed E-state index contributed by atoms with van der Waals surface area (Å²) in [5.41, 5.74) is 12.6. The van der Waals surface area contributed by atoms with Gasteiger partial charge in [0.05, 0.1) is 22.1 Å². The van der Waals surface area contributed by atoms with Gasteiger partial charge in [0.1, 0.15) is 0 Å². The van der Waals surface area contributed by atoms with Crippen molar-refractivity contribution in [1.82, 2.24) is 9.13 Å². The summed E-state index contributed by atoms with van der Waals surface area (Å²) in [6.07, 6.45) is 0. The predicted molar refractivity (Wildman–Crippen MR) is 177 cm³/mol. The third-order valence-electron chi connectivity index (χ3n) is 9.25. The molecule has 2 heterocycles. The van der Waals surface area contributed by atoms with Gasteiger partial charge < -0.3 is 9.13 Å². The SMILES string of the molecule is c1cc2c3c(cccc3c1)-c1c-2ccc2c1c1ccccc1n2-c1ccc(-n2c3ccccc3c3ccccc32)cc1. The Labute approximate surface area is 242 Å². The van der Waals surface area contributed by atoms with Crippen LogP contribution in [0.3, 0.4) is 0 Å². The summed E-state index contributed by atoms with van der Waals surface area (Å²) in [5.74, 6) is 0. The zero-order chi connectivity index (χ0) is 27.4. The first-order valence-corrected chi connectivity index (χ1v) is 14.5. The minimum absolute atomic E-state index is 1.17. The van der Waals surface area contributed by atoms with E-state index in [4.69, 9.17) is 0 Å². The molecule has 0 saturated heterocycles. The second-order valence-electron chi connectivity index (χ2n) is 11.3. The van der Waals surface area contributed by atoms with Gasteiger partial charge in [-0.25, -0.2) is 0 Å². The standard InChI is InChI=1S/C40H24N2/c1-4-16-34-28(11-1)29-12-2-5-17-35(29)41(34)26-19-21-27(22-20-26)42-36-18-6-3-13-32(36)40-37(42)24-23-31-30-14-7-9-25-10-8-15-33(38(25)30)39(31)40/h1-24H. The van der Waals surface area contributed by atoms with E-state index in [9.17, 15) is 0 Å². The van der Waals surface area contributed by atoms with Gasteiger partial charge in [0.15, 0.2) is 0 Å². The fourth-order valence-electron chi connectivity index (χ4n) is 7.57. The normalized spacial score (nSPS) is 12.3. The van der Waals surface area contributed by atoms with Gasteiger partial charge in [-0.1, -0.05) is 97.1 Å². The third-order valence-corrected chi connectivity index (χ3v) is 9.25. The van der Waals surface area contributed by atoms with Crippen molar-refractivity contribution in [2.45, 2.75) is 0 Å². The van der Waals surface area contributed by atoms with E-state index in [-0.39, 0.29) is 0 Å². The minimum atomic E-state index is 1.17. The van der Waals surface area contributed by atoms with Crippen LogP contribution in [0.25, 0.3) is 88.0 Å². The largest absolute Gasteiger partial charge is 0.309 e. The molecule has 0 unspecified atom stereocenters. The first-order chi connectivity index (χ1) is 20.9. The Hall–Kier alpha value is -5.60. The Kier molecular flexibility index (Phi) is 4.21. The quantitative estimate of drug-likeness (QED) is 0.210. The Morgan fingerprint density at radius 1 is 0.310 bits per heavy atom. The topological polar surface area (TPSA) is 9.86 Å². The molecule has 0 bridgehead atoms. The van der Waals surface area contributed by atoms with Crippen LogP contribution in [-0.2, 0) is 0 Å². The molecule has 0 amide bonds. The van der Waals surface area contributed by atoms with Crippen LogP contribution < -0.4 is 0 Å². The average Bonchev–Trinajstić information content (AvgIpc) is 3.68. The summed E-state index contributed by atoms with van der Waals surface area (Å²) in [5, 5.41) is 7.86. The van der Waals surface area contributed by atoms with Gasteiger partial charge in [-0.15, -0.1) is 0 Å². The van der Waals surface area contributed by atoms with Gasteiger partial charge in [0, 0.05) is 38.5 Å². The summed E-state index contributed by atoms with van der Waals surface area (Å²) in [6.45, 7) is 0. The van der Waals surface area contributed by atoms with Crippen LogP contribution in [-0.4, -0.2) is 9.13 Å². The Bertz CT molecular complexity index is 2500. The molecule has 194 valence electrons. The van der Waals surface area contributed by atoms with E-state index in [1.807, 2.05) is 0 Å². The number of para-hydroxylation sites is 3. The molecule has 0 saturated carbocycles. The number of benzene rings is 7. The summed E-state index contributed by atoms with van der Waals surface area (Å²) in [6, 6.07) is 53.4. The van der Waals surface area contributed by atoms with Gasteiger partial charge in [-0.3, -0.25) is 0 Å². The third kappa shape index (κ3) is 2.74. The zero-order valence-corrected chi connectivity index (χ0v) is 22.8. The number of nitrogens with zero attached hydrogens (tertiary/aromatic N) is 2. The van der Waals surface area contributed by atoms with Crippen LogP contribution >= 0.6 is 0 Å². The van der Waals surface area contributed by atoms with E-state index in [1.165, 1.54) is 88.0 Å². The lowest BCUT2D eigenvalue weighted by atomic mass is 9.98. The zero-order valence-electron chi connectivity index (χ0n) is 22.8. The molecule has 9 aromatic rings. The van der Waals surface area contributed by atoms with Crippen LogP contribution in [0.1, 0.15) is 0 Å². The fourth-order valence-corrected chi connectivity index (χ4v) is 7.57. The van der Waals surface area contributed by atoms with Gasteiger partial charge >= 0.3 is 0 Å². The lowest BCUT2D eigenvalue weighted by molar-refractivity contribution is 1.14. The maximum absolute atomic E-state index is 2.43. The summed E-state index contributed by atoms with van der Waals surface area (Å²) < 4.78 is 4.81. The second-order valence-corrected chi connectivity index (χ2v) is 11.3. The number of aromatic nitrogens is 2. The Morgan fingerprint density at radius 2 is 0.833 bits per heavy atom. The van der Waals surface area contributed by atoms with Crippen LogP contribution in [0.15, 0.2) is 146 Å². The van der Waals surface area contributed by atoms with Crippen molar-refractivity contribution in [2.24, 2.45) is 0 Å². The molecule has 0 aliphatic heterocycles. The second kappa shape index (κ2) is 7.99. The summed E-state index contributed by atoms with van der Waals surface area (Å²) in [7, 11) is 0. The molecule has 0 radical (unpaired) electrons. The first kappa shape index (κ1) is 22.1. The van der Waals surface area contributed by atoms with Crippen molar-refractivity contribution < 1.29 is 0 Å². The first-order valence-electron chi connectivity index (χ1n) is 14.5. The van der Waals surface area contributed by atoms with Crippen molar-refractivity contribution in [3.63, 3.8) is 0 Å². The lowest BCUT2D eigenvalue weighted by Gasteiger charge is -2.12. The fraction of sp³-hybridized carbons (Fsp3) is 0. The van der Waals surface area contributed by atoms with Crippen LogP contribution in [0.4, 0.5) is 0 Å². The number of rotatable bonds is 2. The molecule has 0 spiro atoms. The highest BCUT2D eigenvalue weighted by Gasteiger charge is 2.26. The van der Waals surface area contributed by atoms with Gasteiger partial charge in [-0.2, -0.15) is 0 Å². The number of hydrogen-bond donors (Lipinski definition) is 0. The smallest absolute Gasteiger partial charge is 0.0547 e. The molecule has 0 atom stereocenters. The lowest BCUT2D eigenvalue weighted by Crippen LogP contribution is -1.97. The van der Waals surface area contributed by atoms with Crippen LogP contribution in [0.5, 0.6) is 0 Å². The highest BCUT2D eigenvalue weighted by atomic mass is 15.0. The average molecular weight is 533 g/mol. The molecule has 0 N–H and O–H groups in total. The van der Waals surface area contributed by atoms with Crippen molar-refractivity contribution in [3.05, 3.63) is 146 Å². The number of hydrogen-bond acceptors (Lipinski definition) is 0. The molecule has 0 fully saturated rings. The molecular formula is C40H24N2. The van der Waals surface area contributed by atoms with E-state index in [0.717, 1.165) is 0 Å². The van der Waals surface area contributed by atoms with Crippen molar-refractivity contribution >= 4 is 54.4 Å². The molecule has 2 heteroatoms. The highest BCUT2D eigenvalue weighted by Crippen LogP contribution is 2.52. The maximum atomic E-state index is 2.43. The van der Waals surface area contributed by atoms with Gasteiger partial charge in [0.2, 0.25) is 0 Å². The molecule has 2 aromatic heterocycles. The van der Waals surface area contributed by atoms with Crippen molar-refractivity contribution in [1.29, 1.82) is 0 Å². The van der Waals surface area contributed by atoms with E-state index in [2.05, 4.69) is 155 Å². The van der Waals surface area contributed by atoms with Crippen LogP contribution in [0.2, 0.25) is 0 Å². The molecule has 10 rings (SSSR count). The summed E-state index contributed by atoms with van der Waals surface area (Å²) >= 11 is 0. The molecule has 42 heavy (non-hydrogen) atoms. The molecular weight excluding hydrogens is 508 g/mol. The predicted octanol–water partition coefficient (Wildman–Crippen LogP) is 10.7. The Balaban J connectivity index is 1.22. The van der Waals surface area contributed by atoms with E-state index < -0.39 is 0 Å². The van der Waals surface area contributed by atoms with E-state index in [1.54, 1.807) is 0 Å². The minimum Gasteiger partial charge on any atom is -0.309 e. The van der Waals surface area contributed by atoms with Gasteiger partial charge in [0.25, 0.3) is 0 Å². The van der Waals surface area contributed by atoms with Gasteiger partial charge in [-0.05, 0) is 76.0 Å². The molecule has 1 aliphatic carbocycles. The monoisotopic (exact) mass is 532 g/mol. The molecule has 2 nitrogen and oxygen atoms in total. The number of fused-ring (bicyclic) bond motifs is 10. The molecule has 7 aromatic carbocycles. The molecule has 1 aliphatic rings.